The average Bonchev–Trinajstić information content (AvgIpc) is 3.53. The highest BCUT2D eigenvalue weighted by atomic mass is 35.5. The molecule has 2 fully saturated rings. The van der Waals surface area contributed by atoms with Crippen LogP contribution in [-0.2, 0) is 24.5 Å². The van der Waals surface area contributed by atoms with Gasteiger partial charge in [-0.15, -0.1) is 11.3 Å². The number of rotatable bonds is 7. The summed E-state index contributed by atoms with van der Waals surface area (Å²) in [7, 11) is -3.75. The standard InChI is InChI=1S/C26H31ClN4O6S2/c1-39(34,35)37-21-7-5-6-18(27)25(21)22-14-19(29-36-22)20-16-38-26(28-20)17-9-12-30(13-10-17)24(33)15-31-11-4-2-3-8-23(31)32/h5-7,16-17,22H,2-4,8-15H2,1H3. The number of likely N-dealkylation sites (tertiary alicyclic amines) is 2. The molecule has 10 nitrogen and oxygen atoms in total. The topological polar surface area (TPSA) is 118 Å². The number of aromatic nitrogens is 1. The number of amides is 2. The van der Waals surface area contributed by atoms with Crippen molar-refractivity contribution in [2.75, 3.05) is 32.4 Å². The van der Waals surface area contributed by atoms with Crippen molar-refractivity contribution >= 4 is 50.6 Å². The normalized spacial score (nSPS) is 20.9. The lowest BCUT2D eigenvalue weighted by Crippen LogP contribution is -2.45. The molecule has 5 rings (SSSR count). The molecule has 2 saturated heterocycles. The summed E-state index contributed by atoms with van der Waals surface area (Å²) < 4.78 is 28.5. The summed E-state index contributed by atoms with van der Waals surface area (Å²) in [6, 6.07) is 4.80. The number of piperidine rings is 1. The SMILES string of the molecule is CS(=O)(=O)Oc1cccc(Cl)c1C1CC(c2csc(C3CCN(C(=O)CN4CCCCCC4=O)CC3)n2)=NO1. The first-order valence-electron chi connectivity index (χ1n) is 13.1. The number of hydrogen-bond donors (Lipinski definition) is 0. The Labute approximate surface area is 237 Å². The fourth-order valence-electron chi connectivity index (χ4n) is 5.20. The second-order valence-electron chi connectivity index (χ2n) is 10.1. The van der Waals surface area contributed by atoms with E-state index in [-0.39, 0.29) is 30.0 Å². The van der Waals surface area contributed by atoms with Gasteiger partial charge in [0.2, 0.25) is 11.8 Å². The largest absolute Gasteiger partial charge is 0.387 e. The van der Waals surface area contributed by atoms with Gasteiger partial charge in [0.15, 0.2) is 11.9 Å². The molecule has 1 unspecified atom stereocenters. The second kappa shape index (κ2) is 11.8. The smallest absolute Gasteiger partial charge is 0.306 e. The number of halogens is 1. The minimum atomic E-state index is -3.75. The van der Waals surface area contributed by atoms with E-state index < -0.39 is 16.2 Å². The van der Waals surface area contributed by atoms with Crippen LogP contribution in [0.2, 0.25) is 5.02 Å². The zero-order valence-electron chi connectivity index (χ0n) is 21.7. The Morgan fingerprint density at radius 2 is 2.00 bits per heavy atom. The molecule has 210 valence electrons. The molecular formula is C26H31ClN4O6S2. The number of hydrogen-bond acceptors (Lipinski definition) is 9. The summed E-state index contributed by atoms with van der Waals surface area (Å²) in [5, 5.41) is 7.49. The van der Waals surface area contributed by atoms with E-state index in [1.165, 1.54) is 6.07 Å². The van der Waals surface area contributed by atoms with Gasteiger partial charge in [-0.05, 0) is 37.8 Å². The van der Waals surface area contributed by atoms with Crippen LogP contribution in [0, 0.1) is 0 Å². The lowest BCUT2D eigenvalue weighted by atomic mass is 9.97. The molecule has 39 heavy (non-hydrogen) atoms. The molecule has 0 saturated carbocycles. The van der Waals surface area contributed by atoms with Crippen LogP contribution < -0.4 is 4.18 Å². The maximum Gasteiger partial charge on any atom is 0.306 e. The van der Waals surface area contributed by atoms with Gasteiger partial charge in [0, 0.05) is 43.8 Å². The number of oxime groups is 1. The van der Waals surface area contributed by atoms with Crippen LogP contribution in [0.3, 0.4) is 0 Å². The van der Waals surface area contributed by atoms with Gasteiger partial charge in [-0.1, -0.05) is 29.2 Å². The first kappa shape index (κ1) is 27.9. The predicted octanol–water partition coefficient (Wildman–Crippen LogP) is 4.11. The second-order valence-corrected chi connectivity index (χ2v) is 13.0. The molecule has 0 aliphatic carbocycles. The van der Waals surface area contributed by atoms with Crippen molar-refractivity contribution in [1.29, 1.82) is 0 Å². The third-order valence-electron chi connectivity index (χ3n) is 7.26. The number of benzene rings is 1. The molecule has 2 aromatic rings. The summed E-state index contributed by atoms with van der Waals surface area (Å²) in [4.78, 5) is 39.2. The molecule has 3 aliphatic heterocycles. The van der Waals surface area contributed by atoms with E-state index in [9.17, 15) is 18.0 Å². The van der Waals surface area contributed by atoms with E-state index in [2.05, 4.69) is 5.16 Å². The van der Waals surface area contributed by atoms with Gasteiger partial charge >= 0.3 is 10.1 Å². The molecule has 2 amide bonds. The number of nitrogens with zero attached hydrogens (tertiary/aromatic N) is 4. The molecule has 0 N–H and O–H groups in total. The Hall–Kier alpha value is -2.70. The zero-order chi connectivity index (χ0) is 27.6. The lowest BCUT2D eigenvalue weighted by molar-refractivity contribution is -0.140. The Kier molecular flexibility index (Phi) is 8.43. The molecule has 0 bridgehead atoms. The van der Waals surface area contributed by atoms with Crippen molar-refractivity contribution in [2.45, 2.75) is 57.0 Å². The van der Waals surface area contributed by atoms with Gasteiger partial charge in [0.25, 0.3) is 0 Å². The van der Waals surface area contributed by atoms with Crippen molar-refractivity contribution < 1.29 is 27.0 Å². The monoisotopic (exact) mass is 594 g/mol. The van der Waals surface area contributed by atoms with Crippen molar-refractivity contribution in [2.24, 2.45) is 5.16 Å². The van der Waals surface area contributed by atoms with Crippen LogP contribution in [0.25, 0.3) is 0 Å². The molecule has 1 aromatic carbocycles. The molecule has 0 radical (unpaired) electrons. The minimum absolute atomic E-state index is 0.0193. The Balaban J connectivity index is 1.17. The van der Waals surface area contributed by atoms with Crippen LogP contribution in [0.1, 0.15) is 73.2 Å². The summed E-state index contributed by atoms with van der Waals surface area (Å²) in [5.74, 6) is 0.461. The van der Waals surface area contributed by atoms with E-state index in [1.54, 1.807) is 28.4 Å². The summed E-state index contributed by atoms with van der Waals surface area (Å²) >= 11 is 7.93. The summed E-state index contributed by atoms with van der Waals surface area (Å²) in [6.45, 7) is 2.12. The van der Waals surface area contributed by atoms with Crippen molar-refractivity contribution in [3.63, 3.8) is 0 Å². The van der Waals surface area contributed by atoms with Crippen LogP contribution in [0.5, 0.6) is 5.75 Å². The van der Waals surface area contributed by atoms with Crippen molar-refractivity contribution in [3.05, 3.63) is 44.9 Å². The fraction of sp³-hybridized carbons (Fsp3) is 0.538. The minimum Gasteiger partial charge on any atom is -0.387 e. The Morgan fingerprint density at radius 1 is 1.21 bits per heavy atom. The first-order valence-corrected chi connectivity index (χ1v) is 16.2. The molecule has 3 aliphatic rings. The maximum atomic E-state index is 12.9. The molecule has 1 aromatic heterocycles. The quantitative estimate of drug-likeness (QED) is 0.443. The van der Waals surface area contributed by atoms with Gasteiger partial charge in [0.05, 0.1) is 34.1 Å². The molecular weight excluding hydrogens is 564 g/mol. The van der Waals surface area contributed by atoms with E-state index in [0.717, 1.165) is 43.4 Å². The number of carbonyl (C=O) groups excluding carboxylic acids is 2. The Morgan fingerprint density at radius 3 is 2.77 bits per heavy atom. The average molecular weight is 595 g/mol. The van der Waals surface area contributed by atoms with Crippen LogP contribution in [0.15, 0.2) is 28.7 Å². The number of thiazole rings is 1. The predicted molar refractivity (Wildman–Crippen MR) is 148 cm³/mol. The van der Waals surface area contributed by atoms with Crippen molar-refractivity contribution in [3.8, 4) is 5.75 Å². The Bertz CT molecular complexity index is 1370. The summed E-state index contributed by atoms with van der Waals surface area (Å²) in [5.41, 5.74) is 1.80. The van der Waals surface area contributed by atoms with E-state index in [0.29, 0.717) is 54.5 Å². The third kappa shape index (κ3) is 6.72. The molecule has 13 heteroatoms. The van der Waals surface area contributed by atoms with Crippen molar-refractivity contribution in [1.82, 2.24) is 14.8 Å². The number of carbonyl (C=O) groups is 2. The molecule has 4 heterocycles. The lowest BCUT2D eigenvalue weighted by Gasteiger charge is -2.32. The van der Waals surface area contributed by atoms with Gasteiger partial charge in [-0.25, -0.2) is 4.98 Å². The molecule has 0 spiro atoms. The van der Waals surface area contributed by atoms with Gasteiger partial charge in [0.1, 0.15) is 5.71 Å². The maximum absolute atomic E-state index is 12.9. The van der Waals surface area contributed by atoms with E-state index >= 15 is 0 Å². The zero-order valence-corrected chi connectivity index (χ0v) is 24.1. The van der Waals surface area contributed by atoms with E-state index in [1.807, 2.05) is 10.3 Å². The van der Waals surface area contributed by atoms with Crippen LogP contribution in [-0.4, -0.2) is 73.2 Å². The van der Waals surface area contributed by atoms with E-state index in [4.69, 9.17) is 25.6 Å². The summed E-state index contributed by atoms with van der Waals surface area (Å²) in [6.07, 6.45) is 5.80. The fourth-order valence-corrected chi connectivity index (χ4v) is 6.96. The van der Waals surface area contributed by atoms with Gasteiger partial charge in [-0.3, -0.25) is 9.59 Å². The first-order chi connectivity index (χ1) is 18.7. The highest BCUT2D eigenvalue weighted by molar-refractivity contribution is 7.86. The molecule has 1 atom stereocenters. The highest BCUT2D eigenvalue weighted by Crippen LogP contribution is 2.40. The van der Waals surface area contributed by atoms with Gasteiger partial charge in [-0.2, -0.15) is 8.42 Å². The third-order valence-corrected chi connectivity index (χ3v) is 9.08. The van der Waals surface area contributed by atoms with Crippen LogP contribution in [0.4, 0.5) is 0 Å². The van der Waals surface area contributed by atoms with Crippen LogP contribution >= 0.6 is 22.9 Å². The highest BCUT2D eigenvalue weighted by Gasteiger charge is 2.32. The van der Waals surface area contributed by atoms with Gasteiger partial charge < -0.3 is 18.8 Å².